The van der Waals surface area contributed by atoms with E-state index in [4.69, 9.17) is 9.88 Å². The number of hydrogen-bond acceptors (Lipinski definition) is 4. The van der Waals surface area contributed by atoms with Gasteiger partial charge in [0.05, 0.1) is 6.10 Å². The smallest absolute Gasteiger partial charge is 0.274 e. The van der Waals surface area contributed by atoms with Crippen LogP contribution in [-0.2, 0) is 16.8 Å². The second-order valence-corrected chi connectivity index (χ2v) is 7.83. The van der Waals surface area contributed by atoms with Crippen molar-refractivity contribution in [2.24, 2.45) is 11.1 Å². The summed E-state index contributed by atoms with van der Waals surface area (Å²) in [5, 5.41) is 5.00. The summed E-state index contributed by atoms with van der Waals surface area (Å²) in [7, 11) is -3.60. The first-order valence-electron chi connectivity index (χ1n) is 8.07. The molecule has 0 saturated carbocycles. The minimum Gasteiger partial charge on any atom is -0.491 e. The lowest BCUT2D eigenvalue weighted by molar-refractivity contribution is 0.168. The van der Waals surface area contributed by atoms with Gasteiger partial charge in [0.25, 0.3) is 10.2 Å². The van der Waals surface area contributed by atoms with E-state index in [1.54, 1.807) is 0 Å². The van der Waals surface area contributed by atoms with Crippen molar-refractivity contribution in [1.29, 1.82) is 0 Å². The minimum atomic E-state index is -3.60. The van der Waals surface area contributed by atoms with Crippen molar-refractivity contribution < 1.29 is 13.2 Å². The third-order valence-corrected chi connectivity index (χ3v) is 4.42. The first-order chi connectivity index (χ1) is 10.8. The van der Waals surface area contributed by atoms with Crippen LogP contribution in [0, 0.1) is 5.92 Å². The first kappa shape index (κ1) is 18.2. The Morgan fingerprint density at radius 2 is 2.22 bits per heavy atom. The van der Waals surface area contributed by atoms with Crippen molar-refractivity contribution in [1.82, 2.24) is 9.62 Å². The van der Waals surface area contributed by atoms with E-state index in [2.05, 4.69) is 21.8 Å². The molecule has 2 rings (SSSR count). The molecule has 0 aliphatic carbocycles. The van der Waals surface area contributed by atoms with Gasteiger partial charge in [-0.25, -0.2) is 9.86 Å². The van der Waals surface area contributed by atoms with Gasteiger partial charge in [-0.05, 0) is 56.8 Å². The number of nitrogens with one attached hydrogen (secondary N) is 1. The van der Waals surface area contributed by atoms with Crippen LogP contribution in [0.25, 0.3) is 0 Å². The van der Waals surface area contributed by atoms with Crippen LogP contribution in [0.15, 0.2) is 24.3 Å². The summed E-state index contributed by atoms with van der Waals surface area (Å²) in [4.78, 5) is 2.35. The Bertz CT molecular complexity index is 604. The monoisotopic (exact) mass is 341 g/mol. The molecule has 1 aromatic rings. The molecule has 0 radical (unpaired) electrons. The summed E-state index contributed by atoms with van der Waals surface area (Å²) < 4.78 is 30.2. The molecule has 0 amide bonds. The van der Waals surface area contributed by atoms with E-state index in [0.717, 1.165) is 38.2 Å². The summed E-state index contributed by atoms with van der Waals surface area (Å²) in [6.07, 6.45) is 2.25. The van der Waals surface area contributed by atoms with Crippen LogP contribution < -0.4 is 14.6 Å². The van der Waals surface area contributed by atoms with Gasteiger partial charge < -0.3 is 4.74 Å². The first-order valence-corrected chi connectivity index (χ1v) is 9.62. The van der Waals surface area contributed by atoms with Crippen LogP contribution in [0.5, 0.6) is 5.75 Å². The Morgan fingerprint density at radius 3 is 2.91 bits per heavy atom. The van der Waals surface area contributed by atoms with Crippen LogP contribution >= 0.6 is 0 Å². The Labute approximate surface area is 139 Å². The summed E-state index contributed by atoms with van der Waals surface area (Å²) in [6, 6.07) is 8.15. The highest BCUT2D eigenvalue weighted by atomic mass is 32.2. The molecule has 0 spiro atoms. The van der Waals surface area contributed by atoms with Gasteiger partial charge in [-0.2, -0.15) is 8.42 Å². The Hall–Kier alpha value is -1.15. The maximum atomic E-state index is 11.0. The molecular formula is C16H27N3O3S. The third kappa shape index (κ3) is 6.87. The topological polar surface area (TPSA) is 84.7 Å². The summed E-state index contributed by atoms with van der Waals surface area (Å²) in [6.45, 7) is 7.19. The van der Waals surface area contributed by atoms with Crippen molar-refractivity contribution in [3.8, 4) is 5.75 Å². The molecule has 1 aliphatic heterocycles. The van der Waals surface area contributed by atoms with E-state index in [9.17, 15) is 8.42 Å². The van der Waals surface area contributed by atoms with Crippen LogP contribution in [0.2, 0.25) is 0 Å². The van der Waals surface area contributed by atoms with Gasteiger partial charge in [-0.3, -0.25) is 4.90 Å². The fourth-order valence-electron chi connectivity index (χ4n) is 2.94. The quantitative estimate of drug-likeness (QED) is 0.787. The number of hydrogen-bond donors (Lipinski definition) is 2. The van der Waals surface area contributed by atoms with Gasteiger partial charge in [-0.15, -0.1) is 0 Å². The number of likely N-dealkylation sites (tertiary alicyclic amines) is 1. The Kier molecular flexibility index (Phi) is 6.41. The standard InChI is InChI=1S/C16H27N3O3S/c1-13(2)22-16-7-3-5-14(9-16)11-19-8-4-6-15(12-19)10-18-23(17,20)21/h3,5,7,9,13,15,18H,4,6,8,10-12H2,1-2H3,(H2,17,20,21). The number of nitrogens with zero attached hydrogens (tertiary/aromatic N) is 1. The van der Waals surface area contributed by atoms with Gasteiger partial charge >= 0.3 is 0 Å². The number of ether oxygens (including phenoxy) is 1. The molecule has 1 aliphatic rings. The van der Waals surface area contributed by atoms with Gasteiger partial charge in [0.2, 0.25) is 0 Å². The molecule has 23 heavy (non-hydrogen) atoms. The van der Waals surface area contributed by atoms with Gasteiger partial charge in [0, 0.05) is 19.6 Å². The van der Waals surface area contributed by atoms with E-state index in [1.807, 2.05) is 26.0 Å². The molecule has 1 fully saturated rings. The summed E-state index contributed by atoms with van der Waals surface area (Å²) in [5.74, 6) is 1.19. The number of benzene rings is 1. The molecule has 1 aromatic carbocycles. The number of nitrogens with two attached hydrogens (primary N) is 1. The van der Waals surface area contributed by atoms with E-state index >= 15 is 0 Å². The average Bonchev–Trinajstić information content (AvgIpc) is 2.44. The molecule has 6 nitrogen and oxygen atoms in total. The highest BCUT2D eigenvalue weighted by Crippen LogP contribution is 2.20. The predicted molar refractivity (Wildman–Crippen MR) is 91.3 cm³/mol. The Morgan fingerprint density at radius 1 is 1.43 bits per heavy atom. The lowest BCUT2D eigenvalue weighted by Crippen LogP contribution is -2.42. The highest BCUT2D eigenvalue weighted by Gasteiger charge is 2.21. The average molecular weight is 341 g/mol. The molecular weight excluding hydrogens is 314 g/mol. The lowest BCUT2D eigenvalue weighted by Gasteiger charge is -2.32. The fourth-order valence-corrected chi connectivity index (χ4v) is 3.41. The van der Waals surface area contributed by atoms with Crippen molar-refractivity contribution in [3.63, 3.8) is 0 Å². The van der Waals surface area contributed by atoms with E-state index in [-0.39, 0.29) is 6.10 Å². The van der Waals surface area contributed by atoms with Crippen LogP contribution in [0.1, 0.15) is 32.3 Å². The maximum Gasteiger partial charge on any atom is 0.274 e. The van der Waals surface area contributed by atoms with E-state index in [0.29, 0.717) is 12.5 Å². The molecule has 7 heteroatoms. The van der Waals surface area contributed by atoms with E-state index < -0.39 is 10.2 Å². The zero-order chi connectivity index (χ0) is 16.9. The maximum absolute atomic E-state index is 11.0. The van der Waals surface area contributed by atoms with Gasteiger partial charge in [-0.1, -0.05) is 12.1 Å². The summed E-state index contributed by atoms with van der Waals surface area (Å²) >= 11 is 0. The Balaban J connectivity index is 1.89. The fraction of sp³-hybridized carbons (Fsp3) is 0.625. The van der Waals surface area contributed by atoms with Crippen LogP contribution in [0.4, 0.5) is 0 Å². The van der Waals surface area contributed by atoms with Crippen molar-refractivity contribution in [2.45, 2.75) is 39.3 Å². The zero-order valence-electron chi connectivity index (χ0n) is 13.9. The van der Waals surface area contributed by atoms with E-state index in [1.165, 1.54) is 5.56 Å². The highest BCUT2D eigenvalue weighted by molar-refractivity contribution is 7.87. The predicted octanol–water partition coefficient (Wildman–Crippen LogP) is 1.48. The SMILES string of the molecule is CC(C)Oc1cccc(CN2CCCC(CNS(N)(=O)=O)C2)c1. The minimum absolute atomic E-state index is 0.161. The molecule has 3 N–H and O–H groups in total. The molecule has 0 aromatic heterocycles. The largest absolute Gasteiger partial charge is 0.491 e. The molecule has 0 bridgehead atoms. The summed E-state index contributed by atoms with van der Waals surface area (Å²) in [5.41, 5.74) is 1.21. The molecule has 130 valence electrons. The molecule has 1 atom stereocenters. The zero-order valence-corrected chi connectivity index (χ0v) is 14.7. The number of rotatable bonds is 7. The van der Waals surface area contributed by atoms with Crippen molar-refractivity contribution in [3.05, 3.63) is 29.8 Å². The van der Waals surface area contributed by atoms with Crippen molar-refractivity contribution >= 4 is 10.2 Å². The normalized spacial score (nSPS) is 19.9. The third-order valence-electron chi connectivity index (χ3n) is 3.85. The lowest BCUT2D eigenvalue weighted by atomic mass is 9.98. The van der Waals surface area contributed by atoms with Crippen molar-refractivity contribution in [2.75, 3.05) is 19.6 Å². The van der Waals surface area contributed by atoms with Gasteiger partial charge in [0.15, 0.2) is 0 Å². The molecule has 1 unspecified atom stereocenters. The number of piperidine rings is 1. The van der Waals surface area contributed by atoms with Crippen LogP contribution in [-0.4, -0.2) is 39.1 Å². The van der Waals surface area contributed by atoms with Crippen LogP contribution in [0.3, 0.4) is 0 Å². The second kappa shape index (κ2) is 8.10. The second-order valence-electron chi connectivity index (χ2n) is 6.45. The molecule has 1 heterocycles. The van der Waals surface area contributed by atoms with Gasteiger partial charge in [0.1, 0.15) is 5.75 Å². The molecule has 1 saturated heterocycles.